The van der Waals surface area contributed by atoms with Crippen LogP contribution in [0.2, 0.25) is 0 Å². The van der Waals surface area contributed by atoms with Crippen molar-refractivity contribution in [3.63, 3.8) is 0 Å². The van der Waals surface area contributed by atoms with Crippen LogP contribution >= 0.6 is 11.8 Å². The Balaban J connectivity index is 1.74. The molecule has 2 amide bonds. The molecule has 4 rings (SSSR count). The molecule has 0 spiro atoms. The van der Waals surface area contributed by atoms with Gasteiger partial charge in [-0.1, -0.05) is 6.07 Å². The molecule has 2 unspecified atom stereocenters. The second kappa shape index (κ2) is 6.92. The molecule has 28 heavy (non-hydrogen) atoms. The quantitative estimate of drug-likeness (QED) is 0.743. The third-order valence-electron chi connectivity index (χ3n) is 4.92. The Morgan fingerprint density at radius 2 is 2.18 bits per heavy atom. The van der Waals surface area contributed by atoms with Gasteiger partial charge in [0.05, 0.1) is 12.1 Å². The van der Waals surface area contributed by atoms with E-state index in [4.69, 9.17) is 5.73 Å². The van der Waals surface area contributed by atoms with Gasteiger partial charge < -0.3 is 10.8 Å². The highest BCUT2D eigenvalue weighted by atomic mass is 32.2. The number of carbonyl (C=O) groups is 3. The summed E-state index contributed by atoms with van der Waals surface area (Å²) in [5, 5.41) is 9.87. The molecule has 2 aromatic rings. The number of aliphatic carboxylic acids is 1. The number of nitrogens with zero attached hydrogens (tertiary/aromatic N) is 3. The van der Waals surface area contributed by atoms with Crippen LogP contribution in [0.5, 0.6) is 0 Å². The molecule has 0 bridgehead atoms. The molecule has 144 valence electrons. The van der Waals surface area contributed by atoms with E-state index in [-0.39, 0.29) is 12.2 Å². The Morgan fingerprint density at radius 1 is 1.39 bits per heavy atom. The van der Waals surface area contributed by atoms with E-state index < -0.39 is 29.2 Å². The van der Waals surface area contributed by atoms with Crippen LogP contribution in [-0.4, -0.2) is 56.5 Å². The number of fused-ring (bicyclic) bond motifs is 2. The number of β-lactam (4-membered cyclic amide) rings is 1. The van der Waals surface area contributed by atoms with Crippen molar-refractivity contribution in [1.82, 2.24) is 9.88 Å². The molecule has 0 saturated carbocycles. The Hall–Kier alpha value is -2.91. The molecule has 1 aromatic carbocycles. The molecule has 8 nitrogen and oxygen atoms in total. The van der Waals surface area contributed by atoms with Crippen LogP contribution in [0.4, 0.5) is 5.69 Å². The van der Waals surface area contributed by atoms with Crippen molar-refractivity contribution in [1.29, 1.82) is 0 Å². The fourth-order valence-corrected chi connectivity index (χ4v) is 4.97. The van der Waals surface area contributed by atoms with Crippen LogP contribution in [0.25, 0.3) is 10.9 Å². The summed E-state index contributed by atoms with van der Waals surface area (Å²) in [5.74, 6) is -1.46. The fourth-order valence-electron chi connectivity index (χ4n) is 3.63. The van der Waals surface area contributed by atoms with E-state index >= 15 is 0 Å². The lowest BCUT2D eigenvalue weighted by molar-refractivity contribution is -0.149. The minimum atomic E-state index is -1.14. The number of nitrogens with two attached hydrogens (primary N) is 1. The van der Waals surface area contributed by atoms with Crippen molar-refractivity contribution in [2.75, 3.05) is 17.2 Å². The van der Waals surface area contributed by atoms with Crippen molar-refractivity contribution in [3.8, 4) is 0 Å². The first-order valence-corrected chi connectivity index (χ1v) is 9.73. The van der Waals surface area contributed by atoms with E-state index in [1.807, 2.05) is 6.07 Å². The number of carboxylic acids is 1. The summed E-state index contributed by atoms with van der Waals surface area (Å²) in [7, 11) is 0. The van der Waals surface area contributed by atoms with Crippen molar-refractivity contribution < 1.29 is 19.5 Å². The number of hydrogen-bond acceptors (Lipinski definition) is 6. The number of benzene rings is 1. The fraction of sp³-hybridized carbons (Fsp3) is 0.263. The molecule has 0 aliphatic carbocycles. The van der Waals surface area contributed by atoms with Crippen LogP contribution in [0.15, 0.2) is 47.8 Å². The summed E-state index contributed by atoms with van der Waals surface area (Å²) < 4.78 is 0. The SMILES string of the molecule is CC1=C(C(=O)O)N2C(=O)C(N(C(=O)CN)c3ccc4ncccc4c3)C2SC1. The van der Waals surface area contributed by atoms with Crippen LogP contribution in [0, 0.1) is 0 Å². The summed E-state index contributed by atoms with van der Waals surface area (Å²) in [6.45, 7) is 1.44. The first-order valence-electron chi connectivity index (χ1n) is 8.68. The topological polar surface area (TPSA) is 117 Å². The lowest BCUT2D eigenvalue weighted by Gasteiger charge is -2.52. The normalized spacial score (nSPS) is 21.4. The van der Waals surface area contributed by atoms with Crippen molar-refractivity contribution >= 4 is 46.1 Å². The maximum absolute atomic E-state index is 12.9. The Labute approximate surface area is 165 Å². The first kappa shape index (κ1) is 18.5. The average molecular weight is 398 g/mol. The highest BCUT2D eigenvalue weighted by molar-refractivity contribution is 8.00. The predicted octanol–water partition coefficient (Wildman–Crippen LogP) is 1.17. The summed E-state index contributed by atoms with van der Waals surface area (Å²) in [6, 6.07) is 8.17. The third-order valence-corrected chi connectivity index (χ3v) is 6.33. The molecule has 9 heteroatoms. The van der Waals surface area contributed by atoms with Gasteiger partial charge in [0.25, 0.3) is 5.91 Å². The Bertz CT molecular complexity index is 1040. The zero-order valence-corrected chi connectivity index (χ0v) is 15.8. The van der Waals surface area contributed by atoms with Crippen LogP contribution < -0.4 is 10.6 Å². The van der Waals surface area contributed by atoms with Crippen molar-refractivity contribution in [2.24, 2.45) is 5.73 Å². The minimum absolute atomic E-state index is 0.00728. The van der Waals surface area contributed by atoms with Gasteiger partial charge in [0.1, 0.15) is 17.1 Å². The van der Waals surface area contributed by atoms with Gasteiger partial charge in [0, 0.05) is 23.0 Å². The molecule has 1 fully saturated rings. The van der Waals surface area contributed by atoms with Crippen LogP contribution in [0.3, 0.4) is 0 Å². The monoisotopic (exact) mass is 398 g/mol. The number of carboxylic acid groups (broad SMARTS) is 1. The standard InChI is InChI=1S/C19H18N4O4S/c1-10-9-28-18-16(17(25)23(18)15(10)19(26)27)22(14(24)8-20)12-4-5-13-11(7-12)3-2-6-21-13/h2-7,16,18H,8-9,20H2,1H3,(H,26,27). The molecule has 2 atom stereocenters. The van der Waals surface area contributed by atoms with Crippen LogP contribution in [-0.2, 0) is 14.4 Å². The molecule has 0 radical (unpaired) electrons. The molecule has 1 aromatic heterocycles. The maximum Gasteiger partial charge on any atom is 0.352 e. The van der Waals surface area contributed by atoms with Gasteiger partial charge in [-0.2, -0.15) is 0 Å². The lowest BCUT2D eigenvalue weighted by Crippen LogP contribution is -2.72. The van der Waals surface area contributed by atoms with Gasteiger partial charge in [-0.15, -0.1) is 11.8 Å². The zero-order chi connectivity index (χ0) is 20.0. The number of pyridine rings is 1. The van der Waals surface area contributed by atoms with E-state index in [2.05, 4.69) is 4.98 Å². The van der Waals surface area contributed by atoms with Crippen molar-refractivity contribution in [2.45, 2.75) is 18.3 Å². The molecular formula is C19H18N4O4S. The van der Waals surface area contributed by atoms with E-state index in [0.717, 1.165) is 10.9 Å². The smallest absolute Gasteiger partial charge is 0.352 e. The Morgan fingerprint density at radius 3 is 2.89 bits per heavy atom. The third kappa shape index (κ3) is 2.74. The average Bonchev–Trinajstić information content (AvgIpc) is 2.70. The van der Waals surface area contributed by atoms with E-state index in [0.29, 0.717) is 17.0 Å². The lowest BCUT2D eigenvalue weighted by atomic mass is 10.00. The van der Waals surface area contributed by atoms with Gasteiger partial charge in [-0.05, 0) is 36.8 Å². The molecule has 2 aliphatic heterocycles. The van der Waals surface area contributed by atoms with Gasteiger partial charge >= 0.3 is 5.97 Å². The van der Waals surface area contributed by atoms with Gasteiger partial charge in [-0.3, -0.25) is 24.4 Å². The molecule has 2 aliphatic rings. The zero-order valence-electron chi connectivity index (χ0n) is 15.0. The maximum atomic E-state index is 12.9. The van der Waals surface area contributed by atoms with E-state index in [1.165, 1.54) is 21.6 Å². The molecule has 1 saturated heterocycles. The van der Waals surface area contributed by atoms with Gasteiger partial charge in [0.2, 0.25) is 5.91 Å². The largest absolute Gasteiger partial charge is 0.477 e. The van der Waals surface area contributed by atoms with Gasteiger partial charge in [0.15, 0.2) is 0 Å². The molecular weight excluding hydrogens is 380 g/mol. The predicted molar refractivity (Wildman–Crippen MR) is 105 cm³/mol. The number of aromatic nitrogens is 1. The van der Waals surface area contributed by atoms with E-state index in [1.54, 1.807) is 37.4 Å². The second-order valence-electron chi connectivity index (χ2n) is 6.64. The van der Waals surface area contributed by atoms with Crippen LogP contribution in [0.1, 0.15) is 6.92 Å². The summed E-state index contributed by atoms with van der Waals surface area (Å²) in [5.41, 5.74) is 7.56. The number of hydrogen-bond donors (Lipinski definition) is 2. The summed E-state index contributed by atoms with van der Waals surface area (Å²) >= 11 is 1.45. The number of rotatable bonds is 4. The number of thioether (sulfide) groups is 1. The molecule has 3 N–H and O–H groups in total. The number of amides is 2. The summed E-state index contributed by atoms with van der Waals surface area (Å²) in [6.07, 6.45) is 1.68. The van der Waals surface area contributed by atoms with E-state index in [9.17, 15) is 19.5 Å². The Kier molecular flexibility index (Phi) is 4.56. The highest BCUT2D eigenvalue weighted by Crippen LogP contribution is 2.43. The number of carbonyl (C=O) groups excluding carboxylic acids is 2. The minimum Gasteiger partial charge on any atom is -0.477 e. The highest BCUT2D eigenvalue weighted by Gasteiger charge is 2.56. The second-order valence-corrected chi connectivity index (χ2v) is 7.74. The van der Waals surface area contributed by atoms with Crippen molar-refractivity contribution in [3.05, 3.63) is 47.8 Å². The van der Waals surface area contributed by atoms with Gasteiger partial charge in [-0.25, -0.2) is 4.79 Å². The summed E-state index contributed by atoms with van der Waals surface area (Å²) in [4.78, 5) is 44.1. The molecule has 3 heterocycles. The first-order chi connectivity index (χ1) is 13.4. The number of anilines is 1.